The maximum atomic E-state index is 11.6. The minimum atomic E-state index is -0.400. The predicted molar refractivity (Wildman–Crippen MR) is 56.2 cm³/mol. The van der Waals surface area contributed by atoms with Gasteiger partial charge in [0, 0.05) is 7.05 Å². The molecule has 0 saturated heterocycles. The summed E-state index contributed by atoms with van der Waals surface area (Å²) in [6.07, 6.45) is 0. The second-order valence-electron chi connectivity index (χ2n) is 4.44. The number of aromatic nitrogens is 2. The van der Waals surface area contributed by atoms with Gasteiger partial charge in [-0.05, 0) is 33.8 Å². The first-order valence-electron chi connectivity index (χ1n) is 4.78. The van der Waals surface area contributed by atoms with Crippen molar-refractivity contribution in [3.05, 3.63) is 17.5 Å². The van der Waals surface area contributed by atoms with Crippen LogP contribution >= 0.6 is 0 Å². The van der Waals surface area contributed by atoms with Crippen LogP contribution < -0.4 is 5.48 Å². The van der Waals surface area contributed by atoms with Crippen LogP contribution in [0, 0.1) is 6.92 Å². The Morgan fingerprint density at radius 2 is 2.13 bits per heavy atom. The van der Waals surface area contributed by atoms with Gasteiger partial charge in [0.2, 0.25) is 0 Å². The lowest BCUT2D eigenvalue weighted by atomic mass is 10.2. The van der Waals surface area contributed by atoms with Gasteiger partial charge in [0.1, 0.15) is 5.69 Å². The van der Waals surface area contributed by atoms with Gasteiger partial charge >= 0.3 is 0 Å². The van der Waals surface area contributed by atoms with Crippen LogP contribution in [0.15, 0.2) is 6.07 Å². The first kappa shape index (κ1) is 11.7. The maximum Gasteiger partial charge on any atom is 0.293 e. The molecule has 15 heavy (non-hydrogen) atoms. The molecule has 0 aliphatic rings. The number of rotatable bonds is 2. The summed E-state index contributed by atoms with van der Waals surface area (Å²) in [7, 11) is 1.72. The normalized spacial score (nSPS) is 11.5. The molecular formula is C10H17N3O2. The van der Waals surface area contributed by atoms with Crippen molar-refractivity contribution in [2.75, 3.05) is 0 Å². The van der Waals surface area contributed by atoms with Gasteiger partial charge in [-0.1, -0.05) is 0 Å². The van der Waals surface area contributed by atoms with E-state index >= 15 is 0 Å². The minimum Gasteiger partial charge on any atom is -0.268 e. The lowest BCUT2D eigenvalue weighted by molar-refractivity contribution is -0.0593. The number of carbonyl (C=O) groups is 1. The molecule has 0 saturated carbocycles. The molecule has 1 aromatic rings. The van der Waals surface area contributed by atoms with Gasteiger partial charge in [-0.2, -0.15) is 5.10 Å². The topological polar surface area (TPSA) is 56.1 Å². The summed E-state index contributed by atoms with van der Waals surface area (Å²) < 4.78 is 1.52. The third-order valence-electron chi connectivity index (χ3n) is 1.68. The van der Waals surface area contributed by atoms with Gasteiger partial charge in [-0.15, -0.1) is 0 Å². The van der Waals surface area contributed by atoms with E-state index in [0.717, 1.165) is 5.69 Å². The van der Waals surface area contributed by atoms with E-state index in [4.69, 9.17) is 4.84 Å². The van der Waals surface area contributed by atoms with Crippen molar-refractivity contribution in [3.8, 4) is 0 Å². The van der Waals surface area contributed by atoms with Crippen molar-refractivity contribution in [2.45, 2.75) is 33.3 Å². The molecule has 1 aromatic heterocycles. The number of hydroxylamine groups is 1. The van der Waals surface area contributed by atoms with Crippen molar-refractivity contribution >= 4 is 5.91 Å². The Bertz CT molecular complexity index is 363. The van der Waals surface area contributed by atoms with Crippen LogP contribution in [0.25, 0.3) is 0 Å². The summed E-state index contributed by atoms with van der Waals surface area (Å²) in [5.74, 6) is -0.284. The molecule has 1 N–H and O–H groups in total. The van der Waals surface area contributed by atoms with Crippen molar-refractivity contribution in [1.82, 2.24) is 15.3 Å². The second-order valence-corrected chi connectivity index (χ2v) is 4.44. The Balaban J connectivity index is 2.66. The standard InChI is InChI=1S/C10H17N3O2/c1-7-6-8(13(5)11-7)9(14)12-15-10(2,3)4/h6H,1-5H3,(H,12,14). The molecule has 0 spiro atoms. The molecular weight excluding hydrogens is 194 g/mol. The highest BCUT2D eigenvalue weighted by molar-refractivity contribution is 5.91. The molecule has 1 rings (SSSR count). The van der Waals surface area contributed by atoms with Crippen LogP contribution in [0.3, 0.4) is 0 Å². The number of hydrogen-bond acceptors (Lipinski definition) is 3. The average molecular weight is 211 g/mol. The Morgan fingerprint density at radius 1 is 1.53 bits per heavy atom. The fourth-order valence-electron chi connectivity index (χ4n) is 1.07. The highest BCUT2D eigenvalue weighted by Crippen LogP contribution is 2.06. The van der Waals surface area contributed by atoms with E-state index in [9.17, 15) is 4.79 Å². The first-order valence-corrected chi connectivity index (χ1v) is 4.78. The highest BCUT2D eigenvalue weighted by Gasteiger charge is 2.16. The van der Waals surface area contributed by atoms with Crippen LogP contribution in [-0.2, 0) is 11.9 Å². The van der Waals surface area contributed by atoms with Crippen molar-refractivity contribution in [3.63, 3.8) is 0 Å². The SMILES string of the molecule is Cc1cc(C(=O)NOC(C)(C)C)n(C)n1. The minimum absolute atomic E-state index is 0.284. The van der Waals surface area contributed by atoms with Gasteiger partial charge in [0.25, 0.3) is 5.91 Å². The largest absolute Gasteiger partial charge is 0.293 e. The molecule has 0 aromatic carbocycles. The van der Waals surface area contributed by atoms with E-state index in [0.29, 0.717) is 5.69 Å². The van der Waals surface area contributed by atoms with Crippen LogP contribution in [0.1, 0.15) is 37.0 Å². The van der Waals surface area contributed by atoms with E-state index in [2.05, 4.69) is 10.6 Å². The fourth-order valence-corrected chi connectivity index (χ4v) is 1.07. The molecule has 0 bridgehead atoms. The zero-order chi connectivity index (χ0) is 11.6. The van der Waals surface area contributed by atoms with E-state index in [1.54, 1.807) is 13.1 Å². The molecule has 0 fully saturated rings. The zero-order valence-corrected chi connectivity index (χ0v) is 9.79. The number of nitrogens with zero attached hydrogens (tertiary/aromatic N) is 2. The van der Waals surface area contributed by atoms with Gasteiger partial charge in [-0.25, -0.2) is 5.48 Å². The number of nitrogens with one attached hydrogen (secondary N) is 1. The van der Waals surface area contributed by atoms with E-state index < -0.39 is 5.60 Å². The Hall–Kier alpha value is -1.36. The number of hydrogen-bond donors (Lipinski definition) is 1. The quantitative estimate of drug-likeness (QED) is 0.747. The molecule has 0 atom stereocenters. The molecule has 0 aliphatic heterocycles. The molecule has 5 nitrogen and oxygen atoms in total. The Kier molecular flexibility index (Phi) is 3.14. The number of carbonyl (C=O) groups excluding carboxylic acids is 1. The van der Waals surface area contributed by atoms with Gasteiger partial charge < -0.3 is 0 Å². The summed E-state index contributed by atoms with van der Waals surface area (Å²) in [6, 6.07) is 1.71. The molecule has 84 valence electrons. The average Bonchev–Trinajstić information content (AvgIpc) is 2.40. The first-order chi connectivity index (χ1) is 6.79. The third kappa shape index (κ3) is 3.36. The van der Waals surface area contributed by atoms with E-state index in [-0.39, 0.29) is 5.91 Å². The molecule has 0 unspecified atom stereocenters. The molecule has 1 amide bonds. The van der Waals surface area contributed by atoms with E-state index in [1.807, 2.05) is 27.7 Å². The summed E-state index contributed by atoms with van der Waals surface area (Å²) >= 11 is 0. The van der Waals surface area contributed by atoms with Gasteiger partial charge in [0.15, 0.2) is 0 Å². The van der Waals surface area contributed by atoms with Crippen molar-refractivity contribution < 1.29 is 9.63 Å². The van der Waals surface area contributed by atoms with E-state index in [1.165, 1.54) is 4.68 Å². The maximum absolute atomic E-state index is 11.6. The van der Waals surface area contributed by atoms with Crippen LogP contribution in [0.2, 0.25) is 0 Å². The number of amides is 1. The molecule has 0 radical (unpaired) electrons. The lowest BCUT2D eigenvalue weighted by Crippen LogP contribution is -2.34. The summed E-state index contributed by atoms with van der Waals surface area (Å²) in [6.45, 7) is 7.42. The zero-order valence-electron chi connectivity index (χ0n) is 9.79. The molecule has 5 heteroatoms. The van der Waals surface area contributed by atoms with Crippen LogP contribution in [-0.4, -0.2) is 21.3 Å². The van der Waals surface area contributed by atoms with Gasteiger partial charge in [0.05, 0.1) is 11.3 Å². The van der Waals surface area contributed by atoms with Crippen LogP contribution in [0.5, 0.6) is 0 Å². The Labute approximate surface area is 89.4 Å². The van der Waals surface area contributed by atoms with Crippen molar-refractivity contribution in [2.24, 2.45) is 7.05 Å². The second kappa shape index (κ2) is 4.02. The summed E-state index contributed by atoms with van der Waals surface area (Å²) in [4.78, 5) is 16.8. The molecule has 0 aliphatic carbocycles. The third-order valence-corrected chi connectivity index (χ3v) is 1.68. The monoisotopic (exact) mass is 211 g/mol. The fraction of sp³-hybridized carbons (Fsp3) is 0.600. The Morgan fingerprint density at radius 3 is 2.53 bits per heavy atom. The summed E-state index contributed by atoms with van der Waals surface area (Å²) in [5, 5.41) is 4.08. The predicted octanol–water partition coefficient (Wildman–Crippen LogP) is 1.19. The summed E-state index contributed by atoms with van der Waals surface area (Å²) in [5.41, 5.74) is 3.28. The van der Waals surface area contributed by atoms with Crippen molar-refractivity contribution in [1.29, 1.82) is 0 Å². The smallest absolute Gasteiger partial charge is 0.268 e. The lowest BCUT2D eigenvalue weighted by Gasteiger charge is -2.18. The number of aryl methyl sites for hydroxylation is 2. The molecule has 1 heterocycles. The van der Waals surface area contributed by atoms with Crippen LogP contribution in [0.4, 0.5) is 0 Å². The highest BCUT2D eigenvalue weighted by atomic mass is 16.7. The van der Waals surface area contributed by atoms with Gasteiger partial charge in [-0.3, -0.25) is 14.3 Å².